The van der Waals surface area contributed by atoms with Gasteiger partial charge in [-0.1, -0.05) is 24.3 Å². The number of hydrogen-bond acceptors (Lipinski definition) is 20. The van der Waals surface area contributed by atoms with Gasteiger partial charge in [-0.05, 0) is 71.8 Å². The fourth-order valence-electron chi connectivity index (χ4n) is 6.89. The Kier molecular flexibility index (Phi) is 17.0. The van der Waals surface area contributed by atoms with Gasteiger partial charge in [-0.15, -0.1) is 0 Å². The highest BCUT2D eigenvalue weighted by molar-refractivity contribution is 5.90. The zero-order valence-electron chi connectivity index (χ0n) is 38.7. The number of esters is 8. The van der Waals surface area contributed by atoms with Gasteiger partial charge in [0.15, 0.2) is 17.6 Å². The third-order valence-corrected chi connectivity index (χ3v) is 9.62. The van der Waals surface area contributed by atoms with Crippen LogP contribution in [-0.4, -0.2) is 85.1 Å². The molecule has 0 saturated carbocycles. The van der Waals surface area contributed by atoms with E-state index in [0.717, 1.165) is 45.1 Å². The topological polar surface area (TPSA) is 259 Å². The second kappa shape index (κ2) is 23.4. The molecule has 20 nitrogen and oxygen atoms in total. The summed E-state index contributed by atoms with van der Waals surface area (Å²) in [5.41, 5.74) is 0.543. The standard InChI is InChI=1S/C51H44O20/c1-27(52)62-36-15-7-33(8-16-36)11-21-45(59)61-26-44-48(66-31(5)56)49(67-32(6)57)50(71-46(60)22-12-34-9-17-37(18-10-34)63-28(2)53)51(70-44)68-39-23-42(65-30(4)55)47-40(58)25-41(69-43(47)24-39)35-13-19-38(20-14-35)64-29(3)54/h7-25,44,48-51H,26H2,1-6H3/b21-11+,22-12+/t44-,48-,49+,50-,51-/m1/s1. The van der Waals surface area contributed by atoms with E-state index in [0.29, 0.717) is 16.7 Å². The second-order valence-corrected chi connectivity index (χ2v) is 15.3. The van der Waals surface area contributed by atoms with Crippen LogP contribution in [0.25, 0.3) is 34.4 Å². The van der Waals surface area contributed by atoms with Crippen LogP contribution in [0.3, 0.4) is 0 Å². The van der Waals surface area contributed by atoms with Crippen LogP contribution >= 0.6 is 0 Å². The lowest BCUT2D eigenvalue weighted by atomic mass is 9.98. The Labute approximate surface area is 403 Å². The number of benzene rings is 4. The summed E-state index contributed by atoms with van der Waals surface area (Å²) in [6.07, 6.45) is -3.66. The number of rotatable bonds is 16. The number of hydrogen-bond donors (Lipinski definition) is 0. The molecule has 71 heavy (non-hydrogen) atoms. The highest BCUT2D eigenvalue weighted by Gasteiger charge is 2.53. The minimum Gasteiger partial charge on any atom is -0.460 e. The summed E-state index contributed by atoms with van der Waals surface area (Å²) >= 11 is 0. The molecule has 5 aromatic rings. The van der Waals surface area contributed by atoms with Crippen molar-refractivity contribution < 1.29 is 90.1 Å². The van der Waals surface area contributed by atoms with Gasteiger partial charge in [-0.2, -0.15) is 0 Å². The van der Waals surface area contributed by atoms with Crippen molar-refractivity contribution in [1.29, 1.82) is 0 Å². The van der Waals surface area contributed by atoms with Gasteiger partial charge >= 0.3 is 47.8 Å². The van der Waals surface area contributed by atoms with Crippen LogP contribution in [0.2, 0.25) is 0 Å². The van der Waals surface area contributed by atoms with Crippen LogP contribution in [0, 0.1) is 0 Å². The summed E-state index contributed by atoms with van der Waals surface area (Å²) in [7, 11) is 0. The van der Waals surface area contributed by atoms with E-state index in [1.165, 1.54) is 87.5 Å². The molecule has 1 aliphatic heterocycles. The summed E-state index contributed by atoms with van der Waals surface area (Å²) in [5.74, 6) is -6.03. The SMILES string of the molecule is CC(=O)Oc1ccc(/C=C/C(=O)OC[C@H]2O[C@@H](Oc3cc(OC(C)=O)c4c(=O)cc(-c5ccc(OC(C)=O)cc5)oc4c3)[C@H](OC(=O)/C=C/c3ccc(OC(C)=O)cc3)[C@@H](OC(C)=O)[C@@H]2OC(C)=O)cc1. The first-order valence-electron chi connectivity index (χ1n) is 21.4. The Hall–Kier alpha value is -8.91. The molecule has 6 rings (SSSR count). The van der Waals surface area contributed by atoms with Gasteiger partial charge in [-0.3, -0.25) is 33.6 Å². The number of ether oxygens (including phenoxy) is 10. The first kappa shape index (κ1) is 51.5. The third kappa shape index (κ3) is 14.8. The summed E-state index contributed by atoms with van der Waals surface area (Å²) in [5, 5.41) is -0.183. The quantitative estimate of drug-likeness (QED) is 0.0474. The average Bonchev–Trinajstić information content (AvgIpc) is 3.29. The van der Waals surface area contributed by atoms with E-state index >= 15 is 0 Å². The Morgan fingerprint density at radius 2 is 1.01 bits per heavy atom. The Bertz CT molecular complexity index is 2950. The molecule has 0 radical (unpaired) electrons. The maximum absolute atomic E-state index is 13.7. The Balaban J connectivity index is 1.38. The highest BCUT2D eigenvalue weighted by atomic mass is 16.7. The van der Waals surface area contributed by atoms with Crippen molar-refractivity contribution in [3.8, 4) is 40.1 Å². The molecule has 1 aromatic heterocycles. The van der Waals surface area contributed by atoms with Crippen molar-refractivity contribution in [3.63, 3.8) is 0 Å². The zero-order valence-corrected chi connectivity index (χ0v) is 38.7. The first-order valence-corrected chi connectivity index (χ1v) is 21.4. The predicted molar refractivity (Wildman–Crippen MR) is 245 cm³/mol. The van der Waals surface area contributed by atoms with Crippen molar-refractivity contribution in [2.24, 2.45) is 0 Å². The number of carbonyl (C=O) groups excluding carboxylic acids is 8. The van der Waals surface area contributed by atoms with Crippen molar-refractivity contribution >= 4 is 70.9 Å². The molecule has 1 saturated heterocycles. The van der Waals surface area contributed by atoms with Crippen LogP contribution in [0.1, 0.15) is 52.7 Å². The van der Waals surface area contributed by atoms with E-state index in [2.05, 4.69) is 0 Å². The van der Waals surface area contributed by atoms with Crippen LogP contribution in [0.15, 0.2) is 112 Å². The third-order valence-electron chi connectivity index (χ3n) is 9.62. The van der Waals surface area contributed by atoms with E-state index < -0.39 is 90.5 Å². The number of carbonyl (C=O) groups is 8. The monoisotopic (exact) mass is 976 g/mol. The van der Waals surface area contributed by atoms with E-state index in [4.69, 9.17) is 51.8 Å². The summed E-state index contributed by atoms with van der Waals surface area (Å²) in [4.78, 5) is 112. The van der Waals surface area contributed by atoms with Gasteiger partial charge < -0.3 is 51.8 Å². The van der Waals surface area contributed by atoms with Crippen LogP contribution < -0.4 is 29.1 Å². The van der Waals surface area contributed by atoms with Gasteiger partial charge in [0, 0.05) is 77.5 Å². The van der Waals surface area contributed by atoms with Gasteiger partial charge in [0.25, 0.3) is 0 Å². The van der Waals surface area contributed by atoms with Crippen molar-refractivity contribution in [2.45, 2.75) is 72.2 Å². The molecule has 0 unspecified atom stereocenters. The van der Waals surface area contributed by atoms with Crippen molar-refractivity contribution in [2.75, 3.05) is 6.61 Å². The fourth-order valence-corrected chi connectivity index (χ4v) is 6.89. The molecule has 0 bridgehead atoms. The van der Waals surface area contributed by atoms with E-state index in [9.17, 15) is 43.2 Å². The normalized spacial score (nSPS) is 17.4. The smallest absolute Gasteiger partial charge is 0.331 e. The first-order chi connectivity index (χ1) is 33.8. The summed E-state index contributed by atoms with van der Waals surface area (Å²) in [6.45, 7) is 6.20. The molecule has 0 aliphatic carbocycles. The lowest BCUT2D eigenvalue weighted by Crippen LogP contribution is -2.63. The molecular formula is C51H44O20. The minimum atomic E-state index is -1.84. The molecule has 20 heteroatoms. The van der Waals surface area contributed by atoms with Gasteiger partial charge in [-0.25, -0.2) is 9.59 Å². The average molecular weight is 977 g/mol. The van der Waals surface area contributed by atoms with Crippen LogP contribution in [0.4, 0.5) is 0 Å². The lowest BCUT2D eigenvalue weighted by molar-refractivity contribution is -0.287. The molecule has 0 N–H and O–H groups in total. The van der Waals surface area contributed by atoms with Gasteiger partial charge in [0.05, 0.1) is 0 Å². The molecule has 4 aromatic carbocycles. The Morgan fingerprint density at radius 1 is 0.521 bits per heavy atom. The maximum Gasteiger partial charge on any atom is 0.331 e. The van der Waals surface area contributed by atoms with E-state index in [-0.39, 0.29) is 45.5 Å². The maximum atomic E-state index is 13.7. The molecule has 2 heterocycles. The molecule has 0 amide bonds. The largest absolute Gasteiger partial charge is 0.460 e. The van der Waals surface area contributed by atoms with E-state index in [1.54, 1.807) is 24.3 Å². The minimum absolute atomic E-state index is 0.0328. The van der Waals surface area contributed by atoms with E-state index in [1.807, 2.05) is 0 Å². The van der Waals surface area contributed by atoms with Gasteiger partial charge in [0.2, 0.25) is 12.4 Å². The molecule has 5 atom stereocenters. The van der Waals surface area contributed by atoms with Gasteiger partial charge in [0.1, 0.15) is 58.2 Å². The molecule has 1 aliphatic rings. The highest BCUT2D eigenvalue weighted by Crippen LogP contribution is 2.36. The molecule has 0 spiro atoms. The summed E-state index contributed by atoms with van der Waals surface area (Å²) < 4.78 is 61.9. The van der Waals surface area contributed by atoms with Crippen LogP contribution in [0.5, 0.6) is 28.7 Å². The molecule has 1 fully saturated rings. The number of fused-ring (bicyclic) bond motifs is 1. The van der Waals surface area contributed by atoms with Crippen LogP contribution in [-0.2, 0) is 62.0 Å². The fraction of sp³-hybridized carbons (Fsp3) is 0.235. The molecular weight excluding hydrogens is 933 g/mol. The predicted octanol–water partition coefficient (Wildman–Crippen LogP) is 6.01. The molecule has 368 valence electrons. The zero-order chi connectivity index (χ0) is 51.4. The summed E-state index contributed by atoms with van der Waals surface area (Å²) in [6, 6.07) is 21.8. The van der Waals surface area contributed by atoms with Crippen molar-refractivity contribution in [3.05, 3.63) is 124 Å². The van der Waals surface area contributed by atoms with Crippen molar-refractivity contribution in [1.82, 2.24) is 0 Å². The lowest BCUT2D eigenvalue weighted by Gasteiger charge is -2.43. The Morgan fingerprint density at radius 3 is 1.52 bits per heavy atom. The second-order valence-electron chi connectivity index (χ2n) is 15.3.